The molecule has 1 aromatic carbocycles. The minimum Gasteiger partial charge on any atom is -0.489 e. The zero-order valence-electron chi connectivity index (χ0n) is 35.6. The van der Waals surface area contributed by atoms with Gasteiger partial charge in [0.15, 0.2) is 31.3 Å². The molecular weight excluding hydrogens is 752 g/mol. The quantitative estimate of drug-likeness (QED) is 0.0157. The Morgan fingerprint density at radius 1 is 0.672 bits per heavy atom. The third-order valence-corrected chi connectivity index (χ3v) is 8.73. The van der Waals surface area contributed by atoms with Crippen molar-refractivity contribution in [3.05, 3.63) is 89.3 Å². The van der Waals surface area contributed by atoms with Crippen LogP contribution in [0.1, 0.15) is 97.3 Å². The summed E-state index contributed by atoms with van der Waals surface area (Å²) >= 11 is 0. The minimum atomic E-state index is -1.52. The molecular formula is C44H68O14. The topological polar surface area (TPSA) is 192 Å². The summed E-state index contributed by atoms with van der Waals surface area (Å²) in [6.45, 7) is 28.5. The number of hydrogen-bond donors (Lipinski definition) is 5. The summed E-state index contributed by atoms with van der Waals surface area (Å²) in [5, 5.41) is 52.6. The van der Waals surface area contributed by atoms with E-state index in [4.69, 9.17) is 37.9 Å². The Hall–Kier alpha value is -3.41. The van der Waals surface area contributed by atoms with Crippen LogP contribution >= 0.6 is 0 Å². The SMILES string of the molecule is C=C(C)C(=C)OC(COC(O)c1cc(C(OCC(COC(O)C(=C)C)OC(=O)C(=C)C)=C2CC2)cc([C@H](CO)OCC(C)CO[C@H](O)C(C)C)c1)COC(O)C(C)C. The summed E-state index contributed by atoms with van der Waals surface area (Å²) in [5.74, 6) is -0.309. The van der Waals surface area contributed by atoms with E-state index < -0.39 is 56.0 Å². The van der Waals surface area contributed by atoms with Gasteiger partial charge in [0.25, 0.3) is 0 Å². The van der Waals surface area contributed by atoms with Gasteiger partial charge >= 0.3 is 5.97 Å². The van der Waals surface area contributed by atoms with Crippen molar-refractivity contribution in [2.75, 3.05) is 46.2 Å². The van der Waals surface area contributed by atoms with Crippen molar-refractivity contribution in [1.29, 1.82) is 0 Å². The molecule has 0 aromatic heterocycles. The number of esters is 1. The van der Waals surface area contributed by atoms with Crippen molar-refractivity contribution in [2.24, 2.45) is 17.8 Å². The summed E-state index contributed by atoms with van der Waals surface area (Å²) in [4.78, 5) is 12.5. The van der Waals surface area contributed by atoms with Gasteiger partial charge in [-0.3, -0.25) is 0 Å². The molecule has 1 aromatic rings. The van der Waals surface area contributed by atoms with Crippen molar-refractivity contribution in [3.63, 3.8) is 0 Å². The van der Waals surface area contributed by atoms with E-state index in [2.05, 4.69) is 26.3 Å². The first-order valence-corrected chi connectivity index (χ1v) is 19.7. The molecule has 6 unspecified atom stereocenters. The van der Waals surface area contributed by atoms with E-state index >= 15 is 0 Å². The standard InChI is InChI=1S/C44H68O14/c1-25(2)31(12)57-36(22-54-41(47)27(5)6)23-56-44(50)35-16-33(38(18-45)51-19-30(11)20-53-40(46)26(3)4)15-34(17-35)39(32-13-14-32)52-21-37(58-43(49)29(9)10)24-55-42(48)28(7)8/h15-17,26-27,30,36-38,40-42,44-48,50H,1,7,9,12-14,18-24H2,2-6,8,10-11H3/t30?,36?,37?,38-,40-,41?,42?,44?/m0/s1. The summed E-state index contributed by atoms with van der Waals surface area (Å²) in [5.41, 5.74) is 3.40. The highest BCUT2D eigenvalue weighted by molar-refractivity contribution is 5.87. The van der Waals surface area contributed by atoms with Crippen LogP contribution in [-0.4, -0.2) is 109 Å². The molecule has 1 fully saturated rings. The number of carbonyl (C=O) groups is 1. The predicted molar refractivity (Wildman–Crippen MR) is 218 cm³/mol. The number of allylic oxidation sites excluding steroid dienone is 2. The summed E-state index contributed by atoms with van der Waals surface area (Å²) < 4.78 is 46.6. The summed E-state index contributed by atoms with van der Waals surface area (Å²) in [6.07, 6.45) is -5.91. The first-order chi connectivity index (χ1) is 27.2. The van der Waals surface area contributed by atoms with Crippen molar-refractivity contribution >= 4 is 11.7 Å². The second-order valence-corrected chi connectivity index (χ2v) is 15.6. The molecule has 328 valence electrons. The number of benzene rings is 1. The molecule has 2 rings (SSSR count). The molecule has 0 heterocycles. The fourth-order valence-electron chi connectivity index (χ4n) is 4.85. The maximum absolute atomic E-state index is 12.5. The molecule has 0 radical (unpaired) electrons. The van der Waals surface area contributed by atoms with E-state index in [0.29, 0.717) is 39.4 Å². The molecule has 0 bridgehead atoms. The van der Waals surface area contributed by atoms with Gasteiger partial charge in [-0.2, -0.15) is 0 Å². The number of carbonyl (C=O) groups excluding carboxylic acids is 1. The maximum atomic E-state index is 12.5. The molecule has 5 N–H and O–H groups in total. The molecule has 0 aliphatic heterocycles. The minimum absolute atomic E-state index is 0.0749. The zero-order valence-corrected chi connectivity index (χ0v) is 35.6. The molecule has 1 aliphatic rings. The average Bonchev–Trinajstić information content (AvgIpc) is 4.01. The van der Waals surface area contributed by atoms with Gasteiger partial charge in [-0.25, -0.2) is 4.79 Å². The molecule has 58 heavy (non-hydrogen) atoms. The molecule has 14 nitrogen and oxygen atoms in total. The van der Waals surface area contributed by atoms with E-state index in [0.717, 1.165) is 18.4 Å². The Morgan fingerprint density at radius 3 is 1.74 bits per heavy atom. The Morgan fingerprint density at radius 2 is 1.21 bits per heavy atom. The molecule has 14 heteroatoms. The van der Waals surface area contributed by atoms with Gasteiger partial charge in [0, 0.05) is 34.5 Å². The van der Waals surface area contributed by atoms with E-state index in [1.165, 1.54) is 6.92 Å². The molecule has 0 saturated heterocycles. The van der Waals surface area contributed by atoms with Crippen LogP contribution in [0.25, 0.3) is 5.76 Å². The second-order valence-electron chi connectivity index (χ2n) is 15.6. The Balaban J connectivity index is 2.48. The lowest BCUT2D eigenvalue weighted by Gasteiger charge is -2.26. The third kappa shape index (κ3) is 18.2. The van der Waals surface area contributed by atoms with E-state index in [9.17, 15) is 30.3 Å². The van der Waals surface area contributed by atoms with E-state index in [-0.39, 0.29) is 63.0 Å². The van der Waals surface area contributed by atoms with Gasteiger partial charge < -0.3 is 63.4 Å². The number of ether oxygens (including phenoxy) is 8. The van der Waals surface area contributed by atoms with Gasteiger partial charge in [-0.1, -0.05) is 60.9 Å². The number of aliphatic hydroxyl groups excluding tert-OH is 5. The molecule has 1 saturated carbocycles. The third-order valence-electron chi connectivity index (χ3n) is 8.73. The largest absolute Gasteiger partial charge is 0.489 e. The summed E-state index contributed by atoms with van der Waals surface area (Å²) in [7, 11) is 0. The van der Waals surface area contributed by atoms with Crippen molar-refractivity contribution in [1.82, 2.24) is 0 Å². The van der Waals surface area contributed by atoms with Gasteiger partial charge in [0.2, 0.25) is 0 Å². The number of rotatable bonds is 30. The first kappa shape index (κ1) is 50.7. The van der Waals surface area contributed by atoms with E-state index in [1.54, 1.807) is 45.9 Å². The average molecular weight is 821 g/mol. The van der Waals surface area contributed by atoms with Crippen molar-refractivity contribution in [3.8, 4) is 0 Å². The van der Waals surface area contributed by atoms with Crippen LogP contribution in [-0.2, 0) is 42.7 Å². The Bertz CT molecular complexity index is 1530. The second kappa shape index (κ2) is 25.3. The summed E-state index contributed by atoms with van der Waals surface area (Å²) in [6, 6.07) is 5.12. The van der Waals surface area contributed by atoms with Crippen LogP contribution in [0.3, 0.4) is 0 Å². The highest BCUT2D eigenvalue weighted by Gasteiger charge is 2.28. The van der Waals surface area contributed by atoms with Gasteiger partial charge in [0.1, 0.15) is 30.3 Å². The molecule has 8 atom stereocenters. The van der Waals surface area contributed by atoms with Gasteiger partial charge in [0.05, 0.1) is 39.6 Å². The highest BCUT2D eigenvalue weighted by Crippen LogP contribution is 2.39. The normalized spacial score (nSPS) is 16.8. The van der Waals surface area contributed by atoms with Crippen LogP contribution in [0.2, 0.25) is 0 Å². The molecule has 1 aliphatic carbocycles. The highest BCUT2D eigenvalue weighted by atomic mass is 16.6. The van der Waals surface area contributed by atoms with Gasteiger partial charge in [-0.05, 0) is 74.1 Å². The Kier molecular flexibility index (Phi) is 22.1. The van der Waals surface area contributed by atoms with Crippen molar-refractivity contribution < 1.29 is 68.2 Å². The molecule has 0 spiro atoms. The predicted octanol–water partition coefficient (Wildman–Crippen LogP) is 5.76. The van der Waals surface area contributed by atoms with Crippen LogP contribution in [0.5, 0.6) is 0 Å². The smallest absolute Gasteiger partial charge is 0.333 e. The van der Waals surface area contributed by atoms with Crippen LogP contribution < -0.4 is 0 Å². The lowest BCUT2D eigenvalue weighted by Crippen LogP contribution is -2.31. The van der Waals surface area contributed by atoms with Crippen LogP contribution in [0.4, 0.5) is 0 Å². The van der Waals surface area contributed by atoms with Gasteiger partial charge in [-0.15, -0.1) is 0 Å². The monoisotopic (exact) mass is 820 g/mol. The fourth-order valence-corrected chi connectivity index (χ4v) is 4.85. The first-order valence-electron chi connectivity index (χ1n) is 19.7. The number of aliphatic hydroxyl groups is 5. The molecule has 0 amide bonds. The maximum Gasteiger partial charge on any atom is 0.333 e. The van der Waals surface area contributed by atoms with Crippen LogP contribution in [0.15, 0.2) is 72.6 Å². The van der Waals surface area contributed by atoms with Crippen molar-refractivity contribution in [2.45, 2.75) is 112 Å². The van der Waals surface area contributed by atoms with Crippen LogP contribution in [0, 0.1) is 17.8 Å². The lowest BCUT2D eigenvalue weighted by atomic mass is 9.99. The Labute approximate surface area is 344 Å². The fraction of sp³-hybridized carbons (Fsp3) is 0.614. The zero-order chi connectivity index (χ0) is 43.7. The lowest BCUT2D eigenvalue weighted by molar-refractivity contribution is -0.171. The van der Waals surface area contributed by atoms with E-state index in [1.807, 2.05) is 20.8 Å². The number of hydrogen-bond acceptors (Lipinski definition) is 14.